The normalized spacial score (nSPS) is 18.5. The van der Waals surface area contributed by atoms with Crippen LogP contribution in [-0.4, -0.2) is 109 Å². The second-order valence-electron chi connectivity index (χ2n) is 23.4. The summed E-state index contributed by atoms with van der Waals surface area (Å²) in [4.78, 5) is 98.4. The number of hydrogen-bond acceptors (Lipinski definition) is 16. The summed E-state index contributed by atoms with van der Waals surface area (Å²) in [6.45, 7) is 2.23. The molecule has 2 aliphatic rings. The van der Waals surface area contributed by atoms with E-state index in [0.29, 0.717) is 59.8 Å². The van der Waals surface area contributed by atoms with Gasteiger partial charge >= 0.3 is 523 Å². The molecule has 4 heterocycles. The van der Waals surface area contributed by atoms with Crippen LogP contribution in [0.15, 0.2) is 256 Å². The zero-order valence-corrected chi connectivity index (χ0v) is 56.1. The van der Waals surface area contributed by atoms with Crippen molar-refractivity contribution in [1.29, 1.82) is 0 Å². The second kappa shape index (κ2) is 29.1. The van der Waals surface area contributed by atoms with Crippen molar-refractivity contribution in [2.75, 3.05) is 34.5 Å². The van der Waals surface area contributed by atoms with E-state index in [2.05, 4.69) is 15.1 Å². The van der Waals surface area contributed by atoms with Crippen LogP contribution in [0.25, 0.3) is 0 Å². The van der Waals surface area contributed by atoms with Crippen molar-refractivity contribution in [3.63, 3.8) is 0 Å². The molecule has 0 saturated carbocycles. The molecule has 0 radical (unpaired) electrons. The van der Waals surface area contributed by atoms with Gasteiger partial charge < -0.3 is 0 Å². The third-order valence-corrected chi connectivity index (χ3v) is 19.7. The Morgan fingerprint density at radius 3 is 1.19 bits per heavy atom. The monoisotopic (exact) mass is 1390 g/mol. The van der Waals surface area contributed by atoms with E-state index in [-0.39, 0.29) is 41.7 Å². The van der Waals surface area contributed by atoms with Gasteiger partial charge in [-0.25, -0.2) is 0 Å². The molecule has 0 aliphatic carbocycles. The summed E-state index contributed by atoms with van der Waals surface area (Å²) in [5, 5.41) is 0. The molecule has 0 amide bonds. The summed E-state index contributed by atoms with van der Waals surface area (Å²) < 4.78 is 62.5. The number of carbonyl (C=O) groups is 2. The molecule has 1 N–H and O–H groups in total. The number of nitrogens with zero attached hydrogens (tertiary/aromatic N) is 4. The van der Waals surface area contributed by atoms with Crippen molar-refractivity contribution in [1.82, 2.24) is 18.3 Å². The maximum absolute atomic E-state index is 14.8. The molecule has 8 aromatic carbocycles. The molecular weight excluding hydrogens is 1320 g/mol. The second-order valence-corrected chi connectivity index (χ2v) is 27.7. The number of hydrogen-bond donors (Lipinski definition) is 1. The van der Waals surface area contributed by atoms with Gasteiger partial charge in [0.1, 0.15) is 0 Å². The van der Waals surface area contributed by atoms with Crippen LogP contribution >= 0.6 is 6.19 Å². The molecule has 2 aromatic heterocycles. The van der Waals surface area contributed by atoms with Gasteiger partial charge in [0.15, 0.2) is 0 Å². The minimum absolute atomic E-state index is 0.0594. The van der Waals surface area contributed by atoms with E-state index in [1.54, 1.807) is 57.7 Å². The van der Waals surface area contributed by atoms with E-state index in [1.807, 2.05) is 164 Å². The molecule has 22 heteroatoms. The Balaban J connectivity index is 0.938. The van der Waals surface area contributed by atoms with Crippen LogP contribution in [0, 0.1) is 13.8 Å². The van der Waals surface area contributed by atoms with Gasteiger partial charge in [-0.15, -0.1) is 0 Å². The van der Waals surface area contributed by atoms with Gasteiger partial charge in [-0.2, -0.15) is 0 Å². The first-order valence-corrected chi connectivity index (χ1v) is 35.0. The van der Waals surface area contributed by atoms with E-state index in [0.717, 1.165) is 4.57 Å². The molecule has 10 aromatic rings. The molecule has 0 spiro atoms. The van der Waals surface area contributed by atoms with Gasteiger partial charge in [0, 0.05) is 0 Å². The number of aryl methyl sites for hydroxylation is 2. The van der Waals surface area contributed by atoms with E-state index < -0.39 is 95.2 Å². The summed E-state index contributed by atoms with van der Waals surface area (Å²) in [6, 6.07) is 66.9. The molecule has 1 unspecified atom stereocenters. The Kier molecular flexibility index (Phi) is 20.2. The molecule has 2 fully saturated rings. The molecule has 496 valence electrons. The first-order chi connectivity index (χ1) is 47.0. The van der Waals surface area contributed by atoms with Crippen molar-refractivity contribution in [2.45, 2.75) is 74.8 Å². The van der Waals surface area contributed by atoms with Gasteiger partial charge in [0.2, 0.25) is 0 Å². The Labute approximate surface area is 565 Å². The van der Waals surface area contributed by atoms with Crippen LogP contribution in [0.5, 0.6) is 17.2 Å². The quantitative estimate of drug-likeness (QED) is 0.0357. The number of methoxy groups -OCH3 is 3. The number of benzene rings is 8. The van der Waals surface area contributed by atoms with Crippen LogP contribution in [0.1, 0.15) is 90.5 Å². The molecule has 97 heavy (non-hydrogen) atoms. The van der Waals surface area contributed by atoms with Crippen molar-refractivity contribution in [3.8, 4) is 17.2 Å². The van der Waals surface area contributed by atoms with Gasteiger partial charge in [-0.3, -0.25) is 0 Å². The molecule has 12 rings (SSSR count). The van der Waals surface area contributed by atoms with E-state index in [9.17, 15) is 33.7 Å². The fourth-order valence-corrected chi connectivity index (χ4v) is 14.7. The van der Waals surface area contributed by atoms with Gasteiger partial charge in [-0.05, 0) is 0 Å². The molecular formula is C75H69N4O16PSe. The van der Waals surface area contributed by atoms with Crippen LogP contribution < -0.4 is 36.7 Å². The summed E-state index contributed by atoms with van der Waals surface area (Å²) in [5.74, 6) is 0.0924. The average molecular weight is 1390 g/mol. The fraction of sp³-hybridized carbons (Fsp3) is 0.227. The molecule has 0 bridgehead atoms. The van der Waals surface area contributed by atoms with Crippen LogP contribution in [0.4, 0.5) is 0 Å². The molecule has 2 aliphatic heterocycles. The summed E-state index contributed by atoms with van der Waals surface area (Å²) in [5.41, 5.74) is -1.84. The number of carbonyl (C=O) groups excluding carboxylic acids is 2. The number of rotatable bonds is 23. The van der Waals surface area contributed by atoms with Gasteiger partial charge in [0.05, 0.1) is 21.3 Å². The van der Waals surface area contributed by atoms with Gasteiger partial charge in [0.25, 0.3) is 0 Å². The number of aromatic nitrogens is 4. The Morgan fingerprint density at radius 1 is 0.474 bits per heavy atom. The minimum atomic E-state index is -4.28. The Hall–Kier alpha value is -9.47. The average Bonchev–Trinajstić information content (AvgIpc) is 1.55. The zero-order chi connectivity index (χ0) is 68.0. The molecule has 20 nitrogen and oxygen atoms in total. The zero-order valence-electron chi connectivity index (χ0n) is 53.5. The van der Waals surface area contributed by atoms with Crippen molar-refractivity contribution in [2.24, 2.45) is 0 Å². The van der Waals surface area contributed by atoms with Crippen molar-refractivity contribution in [3.05, 3.63) is 334 Å². The first kappa shape index (κ1) is 67.5. The van der Waals surface area contributed by atoms with Crippen LogP contribution in [0.2, 0.25) is 0 Å². The van der Waals surface area contributed by atoms with Crippen molar-refractivity contribution >= 4 is 33.1 Å². The predicted octanol–water partition coefficient (Wildman–Crippen LogP) is 10.3. The maximum atomic E-state index is 14.8. The van der Waals surface area contributed by atoms with Crippen molar-refractivity contribution < 1.29 is 56.7 Å². The van der Waals surface area contributed by atoms with Crippen LogP contribution in [-0.2, 0) is 39.2 Å². The Bertz CT molecular complexity index is 4650. The van der Waals surface area contributed by atoms with Gasteiger partial charge in [-0.1, -0.05) is 24.3 Å². The number of ether oxygens (including phenoxy) is 7. The summed E-state index contributed by atoms with van der Waals surface area (Å²) in [7, 11) is 4.72. The van der Waals surface area contributed by atoms with E-state index in [4.69, 9.17) is 42.2 Å². The van der Waals surface area contributed by atoms with E-state index in [1.165, 1.54) is 55.1 Å². The summed E-state index contributed by atoms with van der Waals surface area (Å²) in [6.07, 6.45) is -8.83. The topological polar surface area (TPSA) is 225 Å². The fourth-order valence-electron chi connectivity index (χ4n) is 12.6. The van der Waals surface area contributed by atoms with Crippen LogP contribution in [0.3, 0.4) is 0 Å². The SMILES string of the molecule is COc1ccc(C(OC[C@H]2O[C@@H](n3cc(C)c(=O)n(C(=O)c4ccccc4)c3=O)C[C@@H]2OP(O)(=[Se])OC[C@H]2O[C@@H](n3cc(C)c(=O)n(C(=O)c4ccccc4)c3=O)C[C@@H]2OC(c2ccccc2)(c2ccccc2)c2ccc(OC)cc2)(c2ccccc2)c2ccc(OC)cc2)cc1. The molecule has 2 saturated heterocycles. The summed E-state index contributed by atoms with van der Waals surface area (Å²) >= 11 is 2.78. The predicted molar refractivity (Wildman–Crippen MR) is 363 cm³/mol. The standard InChI is InChI=1S/C75H69N4O16PSe/c1-49-45-76(72(84)78(68(49)80)70(82)51-21-11-6-12-22-51)66-43-62(94-75(54-27-17-9-18-28-54,55-29-19-10-20-30-55)58-35-41-61(89-5)42-36-58)65(93-66)48-91-96(86,97)95-63-44-67(77-46-50(2)69(81)79(73(77)85)71(83)52-23-13-7-14-24-52)92-64(63)47-90-74(53-25-15-8-16-26-53,56-31-37-59(87-3)38-32-56)57-33-39-60(88-4)40-34-57/h6-42,45-46,62-67H,43-44,47-48H2,1-5H3,(H,86,97)/t62-,63-,64+,65+,66+,67+,96?/m0/s1. The third kappa shape index (κ3) is 13.7. The Morgan fingerprint density at radius 2 is 0.804 bits per heavy atom. The third-order valence-electron chi connectivity index (χ3n) is 17.5. The first-order valence-electron chi connectivity index (χ1n) is 31.2. The molecule has 7 atom stereocenters. The van der Waals surface area contributed by atoms with E-state index >= 15 is 0 Å².